The zero-order valence-electron chi connectivity index (χ0n) is 10.4. The molecule has 0 radical (unpaired) electrons. The van der Waals surface area contributed by atoms with Gasteiger partial charge in [0.25, 0.3) is 0 Å². The third kappa shape index (κ3) is 3.94. The van der Waals surface area contributed by atoms with Crippen molar-refractivity contribution < 1.29 is 13.2 Å². The van der Waals surface area contributed by atoms with E-state index in [1.807, 2.05) is 6.92 Å². The van der Waals surface area contributed by atoms with Crippen molar-refractivity contribution in [3.63, 3.8) is 0 Å². The summed E-state index contributed by atoms with van der Waals surface area (Å²) in [5, 5.41) is 0. The topological polar surface area (TPSA) is 81.4 Å². The van der Waals surface area contributed by atoms with Gasteiger partial charge in [0.15, 0.2) is 0 Å². The number of hydrogen-bond acceptors (Lipinski definition) is 4. The lowest BCUT2D eigenvalue weighted by Crippen LogP contribution is -2.28. The summed E-state index contributed by atoms with van der Waals surface area (Å²) < 4.78 is 32.3. The van der Waals surface area contributed by atoms with Gasteiger partial charge in [-0.25, -0.2) is 13.1 Å². The number of benzene rings is 1. The van der Waals surface area contributed by atoms with Crippen LogP contribution in [0.15, 0.2) is 21.5 Å². The number of anilines is 1. The molecule has 0 heterocycles. The molecule has 18 heavy (non-hydrogen) atoms. The van der Waals surface area contributed by atoms with E-state index in [1.165, 1.54) is 6.07 Å². The highest BCUT2D eigenvalue weighted by Gasteiger charge is 2.17. The standard InChI is InChI=1S/C11H17BrN2O3S/c1-3-17-5-4-14-18(15,16)11-7-10(13)9(12)6-8(11)2/h6-7,14H,3-5,13H2,1-2H3. The predicted octanol–water partition coefficient (Wildman–Crippen LogP) is 1.65. The van der Waals surface area contributed by atoms with E-state index in [2.05, 4.69) is 20.7 Å². The number of rotatable bonds is 6. The van der Waals surface area contributed by atoms with E-state index in [4.69, 9.17) is 10.5 Å². The fraction of sp³-hybridized carbons (Fsp3) is 0.455. The molecule has 7 heteroatoms. The van der Waals surface area contributed by atoms with Gasteiger partial charge >= 0.3 is 0 Å². The Morgan fingerprint density at radius 3 is 2.72 bits per heavy atom. The Kier molecular flexibility index (Phi) is 5.58. The number of aryl methyl sites for hydroxylation is 1. The zero-order chi connectivity index (χ0) is 13.8. The maximum Gasteiger partial charge on any atom is 0.240 e. The molecule has 0 aliphatic rings. The molecule has 1 rings (SSSR count). The summed E-state index contributed by atoms with van der Waals surface area (Å²) in [6.45, 7) is 4.73. The number of hydrogen-bond donors (Lipinski definition) is 2. The number of sulfonamides is 1. The molecule has 0 unspecified atom stereocenters. The Morgan fingerprint density at radius 1 is 1.44 bits per heavy atom. The Labute approximate surface area is 116 Å². The molecule has 5 nitrogen and oxygen atoms in total. The fourth-order valence-electron chi connectivity index (χ4n) is 1.43. The van der Waals surface area contributed by atoms with Gasteiger partial charge in [0.05, 0.1) is 11.5 Å². The summed E-state index contributed by atoms with van der Waals surface area (Å²) in [6, 6.07) is 3.13. The molecule has 1 aromatic rings. The minimum absolute atomic E-state index is 0.194. The summed E-state index contributed by atoms with van der Waals surface area (Å²) in [5.41, 5.74) is 6.73. The number of nitrogen functional groups attached to an aromatic ring is 1. The number of nitrogens with one attached hydrogen (secondary N) is 1. The van der Waals surface area contributed by atoms with Crippen molar-refractivity contribution in [1.82, 2.24) is 4.72 Å². The van der Waals surface area contributed by atoms with Crippen LogP contribution in [0.4, 0.5) is 5.69 Å². The van der Waals surface area contributed by atoms with Crippen molar-refractivity contribution in [2.75, 3.05) is 25.5 Å². The molecule has 0 amide bonds. The second kappa shape index (κ2) is 6.51. The molecule has 0 aliphatic heterocycles. The van der Waals surface area contributed by atoms with Gasteiger partial charge in [-0.15, -0.1) is 0 Å². The molecule has 0 fully saturated rings. The largest absolute Gasteiger partial charge is 0.398 e. The fourth-order valence-corrected chi connectivity index (χ4v) is 3.16. The molecule has 0 aliphatic carbocycles. The maximum absolute atomic E-state index is 12.0. The van der Waals surface area contributed by atoms with Crippen LogP contribution in [-0.2, 0) is 14.8 Å². The minimum Gasteiger partial charge on any atom is -0.398 e. The van der Waals surface area contributed by atoms with Gasteiger partial charge in [0, 0.05) is 23.3 Å². The molecule has 0 saturated heterocycles. The SMILES string of the molecule is CCOCCNS(=O)(=O)c1cc(N)c(Br)cc1C. The maximum atomic E-state index is 12.0. The van der Waals surface area contributed by atoms with Crippen LogP contribution in [0.2, 0.25) is 0 Å². The van der Waals surface area contributed by atoms with Crippen molar-refractivity contribution in [2.24, 2.45) is 0 Å². The van der Waals surface area contributed by atoms with Crippen LogP contribution in [0.1, 0.15) is 12.5 Å². The number of ether oxygens (including phenoxy) is 1. The van der Waals surface area contributed by atoms with E-state index >= 15 is 0 Å². The first-order valence-electron chi connectivity index (χ1n) is 5.51. The van der Waals surface area contributed by atoms with Crippen LogP contribution < -0.4 is 10.5 Å². The predicted molar refractivity (Wildman–Crippen MR) is 75.0 cm³/mol. The molecular formula is C11H17BrN2O3S. The second-order valence-electron chi connectivity index (χ2n) is 3.73. The van der Waals surface area contributed by atoms with Gasteiger partial charge in [0.2, 0.25) is 10.0 Å². The van der Waals surface area contributed by atoms with E-state index in [9.17, 15) is 8.42 Å². The zero-order valence-corrected chi connectivity index (χ0v) is 12.8. The Morgan fingerprint density at radius 2 is 2.11 bits per heavy atom. The number of nitrogens with two attached hydrogens (primary N) is 1. The van der Waals surface area contributed by atoms with Crippen LogP contribution in [0.3, 0.4) is 0 Å². The first kappa shape index (κ1) is 15.4. The van der Waals surface area contributed by atoms with Crippen LogP contribution >= 0.6 is 15.9 Å². The lowest BCUT2D eigenvalue weighted by atomic mass is 10.2. The van der Waals surface area contributed by atoms with Gasteiger partial charge in [-0.1, -0.05) is 0 Å². The molecule has 0 saturated carbocycles. The van der Waals surface area contributed by atoms with Crippen molar-refractivity contribution in [3.05, 3.63) is 22.2 Å². The van der Waals surface area contributed by atoms with Gasteiger partial charge in [-0.3, -0.25) is 0 Å². The highest BCUT2D eigenvalue weighted by atomic mass is 79.9. The van der Waals surface area contributed by atoms with Crippen LogP contribution in [0.5, 0.6) is 0 Å². The van der Waals surface area contributed by atoms with Crippen molar-refractivity contribution in [2.45, 2.75) is 18.7 Å². The lowest BCUT2D eigenvalue weighted by Gasteiger charge is -2.11. The van der Waals surface area contributed by atoms with Crippen LogP contribution in [-0.4, -0.2) is 28.2 Å². The van der Waals surface area contributed by atoms with Gasteiger partial charge in [-0.05, 0) is 47.5 Å². The second-order valence-corrected chi connectivity index (χ2v) is 6.32. The average Bonchev–Trinajstić information content (AvgIpc) is 2.29. The van der Waals surface area contributed by atoms with E-state index in [1.54, 1.807) is 13.0 Å². The quantitative estimate of drug-likeness (QED) is 0.611. The van der Waals surface area contributed by atoms with E-state index in [-0.39, 0.29) is 11.4 Å². The van der Waals surface area contributed by atoms with E-state index in [0.717, 1.165) is 0 Å². The summed E-state index contributed by atoms with van der Waals surface area (Å²) in [7, 11) is -3.54. The molecule has 0 aromatic heterocycles. The minimum atomic E-state index is -3.54. The van der Waals surface area contributed by atoms with Crippen LogP contribution in [0, 0.1) is 6.92 Å². The van der Waals surface area contributed by atoms with Crippen molar-refractivity contribution in [3.8, 4) is 0 Å². The Hall–Kier alpha value is -0.630. The molecular weight excluding hydrogens is 320 g/mol. The third-order valence-electron chi connectivity index (χ3n) is 2.33. The van der Waals surface area contributed by atoms with Crippen molar-refractivity contribution in [1.29, 1.82) is 0 Å². The highest BCUT2D eigenvalue weighted by molar-refractivity contribution is 9.10. The van der Waals surface area contributed by atoms with Gasteiger partial charge in [-0.2, -0.15) is 0 Å². The molecule has 0 atom stereocenters. The molecule has 0 bridgehead atoms. The monoisotopic (exact) mass is 336 g/mol. The third-order valence-corrected chi connectivity index (χ3v) is 4.62. The highest BCUT2D eigenvalue weighted by Crippen LogP contribution is 2.26. The summed E-state index contributed by atoms with van der Waals surface area (Å²) >= 11 is 3.26. The Bertz CT molecular complexity index is 517. The lowest BCUT2D eigenvalue weighted by molar-refractivity contribution is 0.153. The smallest absolute Gasteiger partial charge is 0.240 e. The Balaban J connectivity index is 2.88. The molecule has 1 aromatic carbocycles. The van der Waals surface area contributed by atoms with Crippen LogP contribution in [0.25, 0.3) is 0 Å². The van der Waals surface area contributed by atoms with E-state index < -0.39 is 10.0 Å². The summed E-state index contributed by atoms with van der Waals surface area (Å²) in [5.74, 6) is 0. The first-order valence-corrected chi connectivity index (χ1v) is 7.79. The number of halogens is 1. The van der Waals surface area contributed by atoms with Gasteiger partial charge in [0.1, 0.15) is 0 Å². The molecule has 3 N–H and O–H groups in total. The van der Waals surface area contributed by atoms with Crippen molar-refractivity contribution >= 4 is 31.6 Å². The molecule has 0 spiro atoms. The normalized spacial score (nSPS) is 11.7. The average molecular weight is 337 g/mol. The summed E-state index contributed by atoms with van der Waals surface area (Å²) in [4.78, 5) is 0.194. The van der Waals surface area contributed by atoms with Gasteiger partial charge < -0.3 is 10.5 Å². The summed E-state index contributed by atoms with van der Waals surface area (Å²) in [6.07, 6.45) is 0. The first-order chi connectivity index (χ1) is 8.38. The van der Waals surface area contributed by atoms with E-state index in [0.29, 0.717) is 28.9 Å². The molecule has 102 valence electrons.